The number of nitrogens with one attached hydrogen (secondary N) is 1. The van der Waals surface area contributed by atoms with Crippen LogP contribution in [0.5, 0.6) is 0 Å². The topological polar surface area (TPSA) is 33.1 Å². The zero-order chi connectivity index (χ0) is 16.4. The molecule has 0 aromatic carbocycles. The molecule has 0 bridgehead atoms. The Morgan fingerprint density at radius 2 is 1.81 bits per heavy atom. The molecule has 1 aromatic heterocycles. The lowest BCUT2D eigenvalue weighted by molar-refractivity contribution is -0.132. The van der Waals surface area contributed by atoms with Crippen LogP contribution < -0.4 is 10.2 Å². The van der Waals surface area contributed by atoms with Gasteiger partial charge >= 0.3 is 6.18 Å². The predicted molar refractivity (Wildman–Crippen MR) is 78.5 cm³/mol. The molecule has 0 unspecified atom stereocenters. The summed E-state index contributed by atoms with van der Waals surface area (Å²) in [6, 6.07) is 0. The van der Waals surface area contributed by atoms with Crippen LogP contribution >= 0.6 is 0 Å². The molecule has 0 radical (unpaired) electrons. The molecule has 0 spiro atoms. The Morgan fingerprint density at radius 3 is 2.29 bits per heavy atom. The summed E-state index contributed by atoms with van der Waals surface area (Å²) in [5.74, 6) is 0.730. The molecule has 0 aliphatic carbocycles. The fourth-order valence-electron chi connectivity index (χ4n) is 2.13. The van der Waals surface area contributed by atoms with Gasteiger partial charge in [0.05, 0.1) is 12.1 Å². The molecule has 0 saturated carbocycles. The van der Waals surface area contributed by atoms with Gasteiger partial charge in [-0.15, -0.1) is 0 Å². The molecule has 1 N–H and O–H groups in total. The summed E-state index contributed by atoms with van der Waals surface area (Å²) in [5.41, 5.74) is 1.71. The summed E-state index contributed by atoms with van der Waals surface area (Å²) in [4.78, 5) is 1.62. The maximum absolute atomic E-state index is 12.4. The molecule has 4 nitrogen and oxygen atoms in total. The van der Waals surface area contributed by atoms with E-state index in [1.165, 1.54) is 0 Å². The van der Waals surface area contributed by atoms with Gasteiger partial charge in [-0.2, -0.15) is 18.3 Å². The van der Waals surface area contributed by atoms with E-state index in [0.29, 0.717) is 6.54 Å². The van der Waals surface area contributed by atoms with Gasteiger partial charge < -0.3 is 10.2 Å². The van der Waals surface area contributed by atoms with Crippen molar-refractivity contribution >= 4 is 5.82 Å². The Morgan fingerprint density at radius 1 is 1.24 bits per heavy atom. The highest BCUT2D eigenvalue weighted by atomic mass is 19.4. The summed E-state index contributed by atoms with van der Waals surface area (Å²) in [6.07, 6.45) is -4.98. The predicted octanol–water partition coefficient (Wildman–Crippen LogP) is 3.01. The SMILES string of the molecule is Cc1nn(C)c(N(C)CCC(F)(F)F)c1CNC(C)(C)C. The molecule has 1 heterocycles. The van der Waals surface area contributed by atoms with Crippen molar-refractivity contribution in [3.8, 4) is 0 Å². The quantitative estimate of drug-likeness (QED) is 0.908. The van der Waals surface area contributed by atoms with Crippen LogP contribution in [0.25, 0.3) is 0 Å². The zero-order valence-electron chi connectivity index (χ0n) is 13.6. The second kappa shape index (κ2) is 6.25. The summed E-state index contributed by atoms with van der Waals surface area (Å²) >= 11 is 0. The van der Waals surface area contributed by atoms with Gasteiger partial charge in [-0.05, 0) is 27.7 Å². The van der Waals surface area contributed by atoms with Gasteiger partial charge in [0.25, 0.3) is 0 Å². The lowest BCUT2D eigenvalue weighted by atomic mass is 10.1. The molecular formula is C14H25F3N4. The molecule has 0 saturated heterocycles. The molecule has 0 atom stereocenters. The second-order valence-electron chi connectivity index (χ2n) is 6.40. The van der Waals surface area contributed by atoms with Crippen LogP contribution in [0.4, 0.5) is 19.0 Å². The zero-order valence-corrected chi connectivity index (χ0v) is 13.6. The smallest absolute Gasteiger partial charge is 0.359 e. The number of halogens is 3. The average molecular weight is 306 g/mol. The molecule has 122 valence electrons. The van der Waals surface area contributed by atoms with E-state index in [0.717, 1.165) is 17.1 Å². The molecule has 21 heavy (non-hydrogen) atoms. The molecule has 7 heteroatoms. The first kappa shape index (κ1) is 17.8. The molecule has 0 aliphatic rings. The third-order valence-electron chi connectivity index (χ3n) is 3.20. The van der Waals surface area contributed by atoms with Gasteiger partial charge in [0.15, 0.2) is 0 Å². The van der Waals surface area contributed by atoms with Gasteiger partial charge in [0.1, 0.15) is 5.82 Å². The van der Waals surface area contributed by atoms with Gasteiger partial charge in [-0.1, -0.05) is 0 Å². The highest BCUT2D eigenvalue weighted by molar-refractivity contribution is 5.49. The molecule has 0 aliphatic heterocycles. The minimum Gasteiger partial charge on any atom is -0.359 e. The number of nitrogens with zero attached hydrogens (tertiary/aromatic N) is 3. The number of aromatic nitrogens is 2. The highest BCUT2D eigenvalue weighted by Gasteiger charge is 2.28. The maximum atomic E-state index is 12.4. The van der Waals surface area contributed by atoms with Crippen molar-refractivity contribution in [1.29, 1.82) is 0 Å². The first-order chi connectivity index (χ1) is 9.41. The van der Waals surface area contributed by atoms with Crippen LogP contribution in [0.15, 0.2) is 0 Å². The van der Waals surface area contributed by atoms with Crippen LogP contribution in [0.1, 0.15) is 38.4 Å². The Labute approximate surface area is 124 Å². The summed E-state index contributed by atoms with van der Waals surface area (Å²) in [5, 5.41) is 7.69. The lowest BCUT2D eigenvalue weighted by Gasteiger charge is -2.24. The third kappa shape index (κ3) is 5.57. The minimum absolute atomic E-state index is 0.0654. The number of anilines is 1. The van der Waals surface area contributed by atoms with E-state index in [1.54, 1.807) is 23.7 Å². The second-order valence-corrected chi connectivity index (χ2v) is 6.40. The van der Waals surface area contributed by atoms with Crippen molar-refractivity contribution in [2.24, 2.45) is 7.05 Å². The van der Waals surface area contributed by atoms with Crippen LogP contribution in [0, 0.1) is 6.92 Å². The third-order valence-corrected chi connectivity index (χ3v) is 3.20. The molecule has 0 fully saturated rings. The van der Waals surface area contributed by atoms with E-state index in [4.69, 9.17) is 0 Å². The molecule has 1 aromatic rings. The van der Waals surface area contributed by atoms with Crippen molar-refractivity contribution in [3.05, 3.63) is 11.3 Å². The number of aryl methyl sites for hydroxylation is 2. The number of rotatable bonds is 5. The van der Waals surface area contributed by atoms with Crippen molar-refractivity contribution in [3.63, 3.8) is 0 Å². The summed E-state index contributed by atoms with van der Waals surface area (Å²) in [6.45, 7) is 8.52. The fourth-order valence-corrected chi connectivity index (χ4v) is 2.13. The Balaban J connectivity index is 2.90. The van der Waals surface area contributed by atoms with Crippen LogP contribution in [-0.2, 0) is 13.6 Å². The van der Waals surface area contributed by atoms with E-state index in [-0.39, 0.29) is 12.1 Å². The van der Waals surface area contributed by atoms with Crippen molar-refractivity contribution in [1.82, 2.24) is 15.1 Å². The monoisotopic (exact) mass is 306 g/mol. The Bertz CT molecular complexity index is 472. The Hall–Kier alpha value is -1.24. The van der Waals surface area contributed by atoms with Gasteiger partial charge in [-0.25, -0.2) is 0 Å². The van der Waals surface area contributed by atoms with E-state index < -0.39 is 12.6 Å². The van der Waals surface area contributed by atoms with Gasteiger partial charge in [0, 0.05) is 38.3 Å². The van der Waals surface area contributed by atoms with E-state index >= 15 is 0 Å². The molecule has 0 amide bonds. The van der Waals surface area contributed by atoms with E-state index in [1.807, 2.05) is 27.7 Å². The van der Waals surface area contributed by atoms with Crippen molar-refractivity contribution < 1.29 is 13.2 Å². The Kier molecular flexibility index (Phi) is 5.30. The number of alkyl halides is 3. The summed E-state index contributed by atoms with van der Waals surface area (Å²) in [7, 11) is 3.43. The summed E-state index contributed by atoms with van der Waals surface area (Å²) < 4.78 is 38.8. The molecular weight excluding hydrogens is 281 g/mol. The van der Waals surface area contributed by atoms with Gasteiger partial charge in [-0.3, -0.25) is 4.68 Å². The maximum Gasteiger partial charge on any atom is 0.390 e. The van der Waals surface area contributed by atoms with Crippen LogP contribution in [0.3, 0.4) is 0 Å². The lowest BCUT2D eigenvalue weighted by Crippen LogP contribution is -2.36. The average Bonchev–Trinajstić information content (AvgIpc) is 2.56. The van der Waals surface area contributed by atoms with Crippen molar-refractivity contribution in [2.75, 3.05) is 18.5 Å². The highest BCUT2D eigenvalue weighted by Crippen LogP contribution is 2.25. The minimum atomic E-state index is -4.15. The number of hydrogen-bond acceptors (Lipinski definition) is 3. The van der Waals surface area contributed by atoms with E-state index in [9.17, 15) is 13.2 Å². The number of hydrogen-bond donors (Lipinski definition) is 1. The first-order valence-electron chi connectivity index (χ1n) is 6.96. The van der Waals surface area contributed by atoms with Crippen LogP contribution in [-0.4, -0.2) is 35.1 Å². The fraction of sp³-hybridized carbons (Fsp3) is 0.786. The van der Waals surface area contributed by atoms with Gasteiger partial charge in [0.2, 0.25) is 0 Å². The molecule has 1 rings (SSSR count). The van der Waals surface area contributed by atoms with Crippen LogP contribution in [0.2, 0.25) is 0 Å². The largest absolute Gasteiger partial charge is 0.390 e. The van der Waals surface area contributed by atoms with E-state index in [2.05, 4.69) is 10.4 Å². The standard InChI is InChI=1S/C14H25F3N4/c1-10-11(9-18-13(2,3)4)12(21(6)19-10)20(5)8-7-14(15,16)17/h18H,7-9H2,1-6H3. The normalized spacial score (nSPS) is 12.8. The first-order valence-corrected chi connectivity index (χ1v) is 6.96. The van der Waals surface area contributed by atoms with Crippen molar-refractivity contribution in [2.45, 2.75) is 52.4 Å².